The summed E-state index contributed by atoms with van der Waals surface area (Å²) in [5.74, 6) is 0.574. The molecule has 1 aromatic heterocycles. The summed E-state index contributed by atoms with van der Waals surface area (Å²) in [4.78, 5) is 14.1. The lowest BCUT2D eigenvalue weighted by Gasteiger charge is -2.26. The van der Waals surface area contributed by atoms with E-state index in [9.17, 15) is 4.79 Å². The number of amides is 2. The van der Waals surface area contributed by atoms with Crippen molar-refractivity contribution in [3.63, 3.8) is 0 Å². The van der Waals surface area contributed by atoms with Gasteiger partial charge in [0.2, 0.25) is 5.13 Å². The molecule has 0 atom stereocenters. The highest BCUT2D eigenvalue weighted by molar-refractivity contribution is 7.15. The van der Waals surface area contributed by atoms with Gasteiger partial charge in [-0.3, -0.25) is 5.32 Å². The topological polar surface area (TPSA) is 58.1 Å². The van der Waals surface area contributed by atoms with E-state index in [4.69, 9.17) is 0 Å². The molecule has 1 saturated carbocycles. The molecule has 6 heteroatoms. The Hall–Kier alpha value is -2.21. The van der Waals surface area contributed by atoms with E-state index in [1.54, 1.807) is 0 Å². The zero-order valence-corrected chi connectivity index (χ0v) is 13.6. The van der Waals surface area contributed by atoms with Crippen LogP contribution in [0.4, 0.5) is 9.93 Å². The summed E-state index contributed by atoms with van der Waals surface area (Å²) in [5.41, 5.74) is 2.55. The van der Waals surface area contributed by atoms with Crippen LogP contribution in [-0.2, 0) is 0 Å². The molecule has 5 nitrogen and oxygen atoms in total. The summed E-state index contributed by atoms with van der Waals surface area (Å²) in [7, 11) is 0. The van der Waals surface area contributed by atoms with Crippen molar-refractivity contribution < 1.29 is 4.79 Å². The van der Waals surface area contributed by atoms with Crippen molar-refractivity contribution in [1.29, 1.82) is 0 Å². The number of rotatable bonds is 3. The predicted molar refractivity (Wildman–Crippen MR) is 91.5 cm³/mol. The second-order valence-electron chi connectivity index (χ2n) is 5.94. The Balaban J connectivity index is 1.37. The van der Waals surface area contributed by atoms with Crippen LogP contribution in [0, 0.1) is 0 Å². The maximum absolute atomic E-state index is 12.3. The fourth-order valence-electron chi connectivity index (χ4n) is 2.72. The van der Waals surface area contributed by atoms with Crippen molar-refractivity contribution in [1.82, 2.24) is 15.1 Å². The molecular formula is C17H18N4OS. The lowest BCUT2D eigenvalue weighted by atomic mass is 10.00. The molecule has 0 saturated heterocycles. The van der Waals surface area contributed by atoms with Crippen molar-refractivity contribution in [3.05, 3.63) is 47.0 Å². The van der Waals surface area contributed by atoms with Gasteiger partial charge < -0.3 is 4.90 Å². The van der Waals surface area contributed by atoms with Crippen LogP contribution in [0.2, 0.25) is 0 Å². The number of hydrogen-bond donors (Lipinski definition) is 1. The number of urea groups is 1. The zero-order valence-electron chi connectivity index (χ0n) is 12.7. The molecule has 1 N–H and O–H groups in total. The number of hydrogen-bond acceptors (Lipinski definition) is 4. The van der Waals surface area contributed by atoms with E-state index in [0.29, 0.717) is 17.6 Å². The van der Waals surface area contributed by atoms with Gasteiger partial charge in [-0.05, 0) is 30.4 Å². The van der Waals surface area contributed by atoms with E-state index >= 15 is 0 Å². The Labute approximate surface area is 139 Å². The van der Waals surface area contributed by atoms with E-state index in [-0.39, 0.29) is 6.03 Å². The summed E-state index contributed by atoms with van der Waals surface area (Å²) >= 11 is 1.50. The Bertz CT molecular complexity index is 736. The molecule has 1 aliphatic carbocycles. The number of nitrogens with zero attached hydrogens (tertiary/aromatic N) is 3. The highest BCUT2D eigenvalue weighted by Crippen LogP contribution is 2.42. The van der Waals surface area contributed by atoms with E-state index in [0.717, 1.165) is 18.0 Å². The van der Waals surface area contributed by atoms with Gasteiger partial charge in [-0.15, -0.1) is 10.2 Å². The van der Waals surface area contributed by atoms with Gasteiger partial charge in [0.1, 0.15) is 5.01 Å². The maximum atomic E-state index is 12.3. The molecule has 0 spiro atoms. The Morgan fingerprint density at radius 2 is 2.04 bits per heavy atom. The van der Waals surface area contributed by atoms with E-state index in [1.165, 1.54) is 35.3 Å². The second-order valence-corrected chi connectivity index (χ2v) is 6.95. The molecule has 4 rings (SSSR count). The molecular weight excluding hydrogens is 308 g/mol. The van der Waals surface area contributed by atoms with Crippen molar-refractivity contribution in [3.8, 4) is 0 Å². The molecule has 0 unspecified atom stereocenters. The van der Waals surface area contributed by atoms with Crippen molar-refractivity contribution in [2.24, 2.45) is 0 Å². The monoisotopic (exact) mass is 326 g/mol. The number of anilines is 1. The molecule has 2 heterocycles. The minimum absolute atomic E-state index is 0.0909. The van der Waals surface area contributed by atoms with E-state index in [2.05, 4.69) is 33.7 Å². The molecule has 23 heavy (non-hydrogen) atoms. The van der Waals surface area contributed by atoms with Crippen LogP contribution >= 0.6 is 11.3 Å². The molecule has 2 aliphatic rings. The Morgan fingerprint density at radius 1 is 1.22 bits per heavy atom. The van der Waals surface area contributed by atoms with Crippen LogP contribution in [0.25, 0.3) is 5.57 Å². The van der Waals surface area contributed by atoms with Gasteiger partial charge >= 0.3 is 6.03 Å². The van der Waals surface area contributed by atoms with Gasteiger partial charge in [-0.25, -0.2) is 4.79 Å². The molecule has 0 radical (unpaired) electrons. The summed E-state index contributed by atoms with van der Waals surface area (Å²) in [6.07, 6.45) is 5.40. The van der Waals surface area contributed by atoms with Crippen LogP contribution in [0.15, 0.2) is 36.4 Å². The summed E-state index contributed by atoms with van der Waals surface area (Å²) in [6.45, 7) is 1.35. The standard InChI is InChI=1S/C17H18N4OS/c22-17(18-16-20-19-15(23-16)14-6-7-14)21-10-8-13(9-11-21)12-4-2-1-3-5-12/h1-5,8,14H,6-7,9-11H2,(H,18,20,22). The van der Waals surface area contributed by atoms with Gasteiger partial charge in [0.15, 0.2) is 0 Å². The number of carbonyl (C=O) groups excluding carboxylic acids is 1. The molecule has 1 aromatic carbocycles. The fourth-order valence-corrected chi connectivity index (χ4v) is 3.62. The summed E-state index contributed by atoms with van der Waals surface area (Å²) in [6, 6.07) is 10.2. The number of nitrogens with one attached hydrogen (secondary N) is 1. The highest BCUT2D eigenvalue weighted by atomic mass is 32.1. The number of aromatic nitrogens is 2. The molecule has 1 fully saturated rings. The van der Waals surface area contributed by atoms with Gasteiger partial charge in [-0.2, -0.15) is 0 Å². The van der Waals surface area contributed by atoms with Gasteiger partial charge in [-0.1, -0.05) is 47.7 Å². The van der Waals surface area contributed by atoms with Crippen LogP contribution in [0.1, 0.15) is 35.8 Å². The predicted octanol–water partition coefficient (Wildman–Crippen LogP) is 3.74. The Morgan fingerprint density at radius 3 is 2.74 bits per heavy atom. The largest absolute Gasteiger partial charge is 0.323 e. The molecule has 0 bridgehead atoms. The minimum Gasteiger partial charge on any atom is -0.320 e. The zero-order chi connectivity index (χ0) is 15.6. The van der Waals surface area contributed by atoms with Crippen molar-refractivity contribution in [2.75, 3.05) is 18.4 Å². The normalized spacial score (nSPS) is 17.7. The average Bonchev–Trinajstić information content (AvgIpc) is 3.36. The van der Waals surface area contributed by atoms with Crippen molar-refractivity contribution >= 4 is 28.1 Å². The van der Waals surface area contributed by atoms with Gasteiger partial charge in [0.25, 0.3) is 0 Å². The van der Waals surface area contributed by atoms with Crippen LogP contribution in [0.5, 0.6) is 0 Å². The molecule has 2 aromatic rings. The fraction of sp³-hybridized carbons (Fsp3) is 0.353. The lowest BCUT2D eigenvalue weighted by molar-refractivity contribution is 0.217. The van der Waals surface area contributed by atoms with Crippen LogP contribution in [-0.4, -0.2) is 34.2 Å². The summed E-state index contributed by atoms with van der Waals surface area (Å²) < 4.78 is 0. The smallest absolute Gasteiger partial charge is 0.320 e. The number of benzene rings is 1. The first-order valence-electron chi connectivity index (χ1n) is 7.93. The van der Waals surface area contributed by atoms with E-state index < -0.39 is 0 Å². The molecule has 2 amide bonds. The third kappa shape index (κ3) is 3.27. The first-order valence-corrected chi connectivity index (χ1v) is 8.75. The van der Waals surface area contributed by atoms with Crippen LogP contribution in [0.3, 0.4) is 0 Å². The van der Waals surface area contributed by atoms with E-state index in [1.807, 2.05) is 23.1 Å². The van der Waals surface area contributed by atoms with Crippen molar-refractivity contribution in [2.45, 2.75) is 25.2 Å². The maximum Gasteiger partial charge on any atom is 0.323 e. The third-order valence-electron chi connectivity index (χ3n) is 4.22. The third-order valence-corrected chi connectivity index (χ3v) is 5.22. The lowest BCUT2D eigenvalue weighted by Crippen LogP contribution is -2.37. The quantitative estimate of drug-likeness (QED) is 0.935. The minimum atomic E-state index is -0.0909. The number of carbonyl (C=O) groups is 1. The molecule has 118 valence electrons. The van der Waals surface area contributed by atoms with Gasteiger partial charge in [0, 0.05) is 19.0 Å². The summed E-state index contributed by atoms with van der Waals surface area (Å²) in [5, 5.41) is 12.7. The SMILES string of the molecule is O=C(Nc1nnc(C2CC2)s1)N1CC=C(c2ccccc2)CC1. The Kier molecular flexibility index (Phi) is 3.83. The average molecular weight is 326 g/mol. The molecule has 1 aliphatic heterocycles. The highest BCUT2D eigenvalue weighted by Gasteiger charge is 2.28. The van der Waals surface area contributed by atoms with Crippen LogP contribution < -0.4 is 5.32 Å². The first-order chi connectivity index (χ1) is 11.3. The second kappa shape index (κ2) is 6.12. The van der Waals surface area contributed by atoms with Gasteiger partial charge in [0.05, 0.1) is 0 Å². The first kappa shape index (κ1) is 14.4.